The Bertz CT molecular complexity index is 820. The van der Waals surface area contributed by atoms with Gasteiger partial charge in [-0.2, -0.15) is 0 Å². The van der Waals surface area contributed by atoms with E-state index in [1.165, 1.54) is 0 Å². The van der Waals surface area contributed by atoms with Crippen molar-refractivity contribution in [3.05, 3.63) is 34.9 Å². The van der Waals surface area contributed by atoms with Crippen LogP contribution in [0.1, 0.15) is 61.0 Å². The largest absolute Gasteiger partial charge is 0.322 e. The fourth-order valence-electron chi connectivity index (χ4n) is 4.52. The molecule has 0 aromatic heterocycles. The topological polar surface area (TPSA) is 90.5 Å². The molecule has 3 aliphatic rings. The van der Waals surface area contributed by atoms with Crippen LogP contribution in [-0.4, -0.2) is 46.8 Å². The summed E-state index contributed by atoms with van der Waals surface area (Å²) in [6.07, 6.45) is 2.83. The predicted molar refractivity (Wildman–Crippen MR) is 104 cm³/mol. The molecule has 1 aromatic carbocycles. The molecule has 150 valence electrons. The van der Waals surface area contributed by atoms with Gasteiger partial charge >= 0.3 is 0 Å². The molecule has 0 bridgehead atoms. The van der Waals surface area contributed by atoms with Crippen LogP contribution in [0.5, 0.6) is 0 Å². The summed E-state index contributed by atoms with van der Waals surface area (Å²) in [6.45, 7) is 6.60. The van der Waals surface area contributed by atoms with Gasteiger partial charge in [-0.15, -0.1) is 0 Å². The van der Waals surface area contributed by atoms with Gasteiger partial charge in [0.1, 0.15) is 6.04 Å². The molecule has 2 atom stereocenters. The van der Waals surface area contributed by atoms with Gasteiger partial charge in [0.25, 0.3) is 5.91 Å². The van der Waals surface area contributed by atoms with E-state index in [0.29, 0.717) is 24.6 Å². The minimum Gasteiger partial charge on any atom is -0.322 e. The van der Waals surface area contributed by atoms with Gasteiger partial charge < -0.3 is 15.5 Å². The van der Waals surface area contributed by atoms with E-state index in [1.54, 1.807) is 4.90 Å². The lowest BCUT2D eigenvalue weighted by Crippen LogP contribution is -2.52. The lowest BCUT2D eigenvalue weighted by Gasteiger charge is -2.37. The van der Waals surface area contributed by atoms with Gasteiger partial charge in [0.15, 0.2) is 0 Å². The molecule has 3 amide bonds. The van der Waals surface area contributed by atoms with Crippen molar-refractivity contribution in [1.29, 1.82) is 0 Å². The summed E-state index contributed by atoms with van der Waals surface area (Å²) in [5.74, 6) is -0.748. The monoisotopic (exact) mass is 384 g/mol. The van der Waals surface area contributed by atoms with Crippen LogP contribution in [0.25, 0.3) is 0 Å². The molecule has 7 nitrogen and oxygen atoms in total. The van der Waals surface area contributed by atoms with E-state index in [-0.39, 0.29) is 29.7 Å². The maximum absolute atomic E-state index is 12.9. The van der Waals surface area contributed by atoms with Gasteiger partial charge in [0, 0.05) is 36.7 Å². The second-order valence-electron chi connectivity index (χ2n) is 8.77. The molecule has 0 spiro atoms. The Balaban J connectivity index is 1.41. The van der Waals surface area contributed by atoms with Crippen LogP contribution < -0.4 is 16.0 Å². The third kappa shape index (κ3) is 3.82. The molecule has 3 heterocycles. The summed E-state index contributed by atoms with van der Waals surface area (Å²) in [5.41, 5.74) is 2.84. The number of hydrogen-bond acceptors (Lipinski definition) is 5. The fourth-order valence-corrected chi connectivity index (χ4v) is 4.52. The highest BCUT2D eigenvalue weighted by molar-refractivity contribution is 6.05. The van der Waals surface area contributed by atoms with Crippen molar-refractivity contribution >= 4 is 17.7 Å². The summed E-state index contributed by atoms with van der Waals surface area (Å²) in [4.78, 5) is 38.0. The molecule has 2 fully saturated rings. The van der Waals surface area contributed by atoms with Crippen LogP contribution in [-0.2, 0) is 22.7 Å². The second kappa shape index (κ2) is 7.29. The van der Waals surface area contributed by atoms with Crippen LogP contribution in [0.2, 0.25) is 0 Å². The van der Waals surface area contributed by atoms with Crippen molar-refractivity contribution in [3.63, 3.8) is 0 Å². The number of rotatable bonds is 4. The Morgan fingerprint density at radius 3 is 2.79 bits per heavy atom. The molecule has 2 unspecified atom stereocenters. The summed E-state index contributed by atoms with van der Waals surface area (Å²) >= 11 is 0. The fraction of sp³-hybridized carbons (Fsp3) is 0.571. The van der Waals surface area contributed by atoms with E-state index in [1.807, 2.05) is 12.1 Å². The molecule has 3 N–H and O–H groups in total. The highest BCUT2D eigenvalue weighted by atomic mass is 16.2. The molecule has 28 heavy (non-hydrogen) atoms. The number of piperidine rings is 2. The quantitative estimate of drug-likeness (QED) is 0.676. The zero-order chi connectivity index (χ0) is 19.9. The Kier molecular flexibility index (Phi) is 4.97. The Morgan fingerprint density at radius 1 is 1.21 bits per heavy atom. The van der Waals surface area contributed by atoms with E-state index in [9.17, 15) is 14.4 Å². The molecule has 0 radical (unpaired) electrons. The van der Waals surface area contributed by atoms with Crippen LogP contribution >= 0.6 is 0 Å². The summed E-state index contributed by atoms with van der Waals surface area (Å²) in [5, 5.41) is 9.49. The van der Waals surface area contributed by atoms with E-state index in [4.69, 9.17) is 0 Å². The Hall–Kier alpha value is -2.25. The highest BCUT2D eigenvalue weighted by Gasteiger charge is 2.39. The highest BCUT2D eigenvalue weighted by Crippen LogP contribution is 2.28. The third-order valence-corrected chi connectivity index (χ3v) is 6.04. The number of carbonyl (C=O) groups excluding carboxylic acids is 3. The smallest absolute Gasteiger partial charge is 0.255 e. The number of hydrogen-bond donors (Lipinski definition) is 3. The van der Waals surface area contributed by atoms with E-state index in [2.05, 4.69) is 35.9 Å². The first-order valence-corrected chi connectivity index (χ1v) is 10.1. The number of imide groups is 1. The number of benzene rings is 1. The first-order chi connectivity index (χ1) is 13.3. The summed E-state index contributed by atoms with van der Waals surface area (Å²) in [6, 6.07) is 5.89. The maximum Gasteiger partial charge on any atom is 0.255 e. The number of amides is 3. The number of nitrogens with one attached hydrogen (secondary N) is 3. The van der Waals surface area contributed by atoms with Crippen LogP contribution in [0.4, 0.5) is 0 Å². The van der Waals surface area contributed by atoms with Crippen molar-refractivity contribution in [2.75, 3.05) is 6.54 Å². The Labute approximate surface area is 165 Å². The number of carbonyl (C=O) groups is 3. The van der Waals surface area contributed by atoms with Crippen molar-refractivity contribution in [2.45, 2.75) is 70.2 Å². The van der Waals surface area contributed by atoms with Crippen molar-refractivity contribution in [3.8, 4) is 0 Å². The van der Waals surface area contributed by atoms with Crippen LogP contribution in [0.3, 0.4) is 0 Å². The van der Waals surface area contributed by atoms with Gasteiger partial charge in [-0.3, -0.25) is 19.7 Å². The summed E-state index contributed by atoms with van der Waals surface area (Å²) in [7, 11) is 0. The minimum absolute atomic E-state index is 0.116. The summed E-state index contributed by atoms with van der Waals surface area (Å²) < 4.78 is 0. The molecule has 1 aromatic rings. The van der Waals surface area contributed by atoms with Gasteiger partial charge in [0.05, 0.1) is 0 Å². The van der Waals surface area contributed by atoms with Gasteiger partial charge in [-0.25, -0.2) is 0 Å². The molecule has 0 saturated carbocycles. The zero-order valence-electron chi connectivity index (χ0n) is 16.5. The SMILES string of the molecule is CC1(C)CC(NCc2ccc3c(c2)C(=O)N(C2CCC(=O)NC2=O)C3)CCN1. The van der Waals surface area contributed by atoms with E-state index < -0.39 is 6.04 Å². The molecule has 4 rings (SSSR count). The molecule has 2 saturated heterocycles. The van der Waals surface area contributed by atoms with Crippen LogP contribution in [0.15, 0.2) is 18.2 Å². The first-order valence-electron chi connectivity index (χ1n) is 10.1. The van der Waals surface area contributed by atoms with E-state index in [0.717, 1.165) is 37.1 Å². The lowest BCUT2D eigenvalue weighted by molar-refractivity contribution is -0.136. The Morgan fingerprint density at radius 2 is 2.04 bits per heavy atom. The number of nitrogens with zero attached hydrogens (tertiary/aromatic N) is 1. The molecule has 7 heteroatoms. The predicted octanol–water partition coefficient (Wildman–Crippen LogP) is 1.07. The minimum atomic E-state index is -0.559. The second-order valence-corrected chi connectivity index (χ2v) is 8.77. The first kappa shape index (κ1) is 19.1. The zero-order valence-corrected chi connectivity index (χ0v) is 16.5. The molecule has 3 aliphatic heterocycles. The normalized spacial score (nSPS) is 26.9. The van der Waals surface area contributed by atoms with Gasteiger partial charge in [0.2, 0.25) is 11.8 Å². The number of fused-ring (bicyclic) bond motifs is 1. The van der Waals surface area contributed by atoms with Gasteiger partial charge in [-0.05, 0) is 56.8 Å². The van der Waals surface area contributed by atoms with Crippen molar-refractivity contribution < 1.29 is 14.4 Å². The molecular formula is C21H28N4O3. The van der Waals surface area contributed by atoms with Gasteiger partial charge in [-0.1, -0.05) is 12.1 Å². The molecular weight excluding hydrogens is 356 g/mol. The average molecular weight is 384 g/mol. The standard InChI is InChI=1S/C21H28N4O3/c1-21(2)10-15(7-8-23-21)22-11-13-3-4-14-12-25(20(28)16(14)9-13)17-5-6-18(26)24-19(17)27/h3-4,9,15,17,22-23H,5-8,10-12H2,1-2H3,(H,24,26,27). The van der Waals surface area contributed by atoms with Crippen molar-refractivity contribution in [2.24, 2.45) is 0 Å². The van der Waals surface area contributed by atoms with E-state index >= 15 is 0 Å². The van der Waals surface area contributed by atoms with Crippen LogP contribution in [0, 0.1) is 0 Å². The molecule has 0 aliphatic carbocycles. The van der Waals surface area contributed by atoms with Crippen molar-refractivity contribution in [1.82, 2.24) is 20.9 Å². The lowest BCUT2D eigenvalue weighted by atomic mass is 9.89. The average Bonchev–Trinajstić information content (AvgIpc) is 2.95. The maximum atomic E-state index is 12.9. The third-order valence-electron chi connectivity index (χ3n) is 6.04.